The zero-order chi connectivity index (χ0) is 14.4. The van der Waals surface area contributed by atoms with Crippen molar-refractivity contribution in [2.75, 3.05) is 19.6 Å². The fraction of sp³-hybridized carbons (Fsp3) is 0.812. The van der Waals surface area contributed by atoms with Crippen LogP contribution in [-0.4, -0.2) is 40.4 Å². The molecule has 0 radical (unpaired) electrons. The maximum Gasteiger partial charge on any atom is 0.0764 e. The second-order valence-electron chi connectivity index (χ2n) is 5.93. The molecule has 1 fully saturated rings. The minimum atomic E-state index is 0.555. The molecule has 1 aromatic rings. The summed E-state index contributed by atoms with van der Waals surface area (Å²) < 4.78 is 2.15. The van der Waals surface area contributed by atoms with E-state index in [9.17, 15) is 0 Å². The summed E-state index contributed by atoms with van der Waals surface area (Å²) >= 11 is 0. The van der Waals surface area contributed by atoms with Crippen molar-refractivity contribution in [1.29, 1.82) is 0 Å². The summed E-state index contributed by atoms with van der Waals surface area (Å²) in [5, 5.41) is 8.38. The van der Waals surface area contributed by atoms with Crippen molar-refractivity contribution in [2.24, 2.45) is 0 Å². The van der Waals surface area contributed by atoms with Crippen LogP contribution in [0.3, 0.4) is 0 Å². The molecule has 4 heteroatoms. The number of piperazine rings is 1. The highest BCUT2D eigenvalue weighted by atomic mass is 15.3. The molecule has 1 aromatic heterocycles. The van der Waals surface area contributed by atoms with Crippen LogP contribution in [0.1, 0.15) is 58.2 Å². The van der Waals surface area contributed by atoms with Crippen molar-refractivity contribution in [3.05, 3.63) is 18.0 Å². The van der Waals surface area contributed by atoms with Crippen LogP contribution in [0.2, 0.25) is 0 Å². The van der Waals surface area contributed by atoms with E-state index in [2.05, 4.69) is 47.9 Å². The number of nitrogens with one attached hydrogen (secondary N) is 1. The molecule has 0 aliphatic carbocycles. The topological polar surface area (TPSA) is 33.1 Å². The fourth-order valence-corrected chi connectivity index (χ4v) is 3.14. The Labute approximate surface area is 123 Å². The van der Waals surface area contributed by atoms with Crippen molar-refractivity contribution < 1.29 is 0 Å². The second-order valence-corrected chi connectivity index (χ2v) is 5.93. The Kier molecular flexibility index (Phi) is 6.05. The molecule has 114 valence electrons. The first-order valence-corrected chi connectivity index (χ1v) is 8.26. The van der Waals surface area contributed by atoms with Crippen LogP contribution < -0.4 is 5.32 Å². The van der Waals surface area contributed by atoms with Gasteiger partial charge >= 0.3 is 0 Å². The molecule has 0 aromatic carbocycles. The van der Waals surface area contributed by atoms with Gasteiger partial charge in [-0.15, -0.1) is 0 Å². The number of aromatic nitrogens is 2. The number of nitrogens with zero attached hydrogens (tertiary/aromatic N) is 3. The van der Waals surface area contributed by atoms with E-state index in [4.69, 9.17) is 5.10 Å². The minimum Gasteiger partial charge on any atom is -0.311 e. The number of hydrogen-bond acceptors (Lipinski definition) is 3. The van der Waals surface area contributed by atoms with E-state index in [0.29, 0.717) is 12.1 Å². The molecule has 20 heavy (non-hydrogen) atoms. The molecule has 0 saturated carbocycles. The SMILES string of the molecule is CCCC1CN(Cc2ccn(C(CC)CC)n2)CCN1. The van der Waals surface area contributed by atoms with Gasteiger partial charge in [-0.2, -0.15) is 5.10 Å². The van der Waals surface area contributed by atoms with Crippen LogP contribution in [0, 0.1) is 0 Å². The van der Waals surface area contributed by atoms with E-state index in [1.54, 1.807) is 0 Å². The van der Waals surface area contributed by atoms with Gasteiger partial charge in [-0.05, 0) is 25.3 Å². The van der Waals surface area contributed by atoms with Gasteiger partial charge in [-0.1, -0.05) is 27.2 Å². The maximum atomic E-state index is 4.77. The summed E-state index contributed by atoms with van der Waals surface area (Å²) in [6, 6.07) is 3.41. The highest BCUT2D eigenvalue weighted by Crippen LogP contribution is 2.15. The number of rotatable bonds is 7. The van der Waals surface area contributed by atoms with Crippen LogP contribution >= 0.6 is 0 Å². The Morgan fingerprint density at radius 3 is 2.85 bits per heavy atom. The summed E-state index contributed by atoms with van der Waals surface area (Å²) in [4.78, 5) is 2.54. The Balaban J connectivity index is 1.89. The van der Waals surface area contributed by atoms with Crippen molar-refractivity contribution in [2.45, 2.75) is 65.1 Å². The lowest BCUT2D eigenvalue weighted by Crippen LogP contribution is -2.50. The van der Waals surface area contributed by atoms with Gasteiger partial charge in [0.2, 0.25) is 0 Å². The molecular weight excluding hydrogens is 248 g/mol. The lowest BCUT2D eigenvalue weighted by Gasteiger charge is -2.33. The molecule has 0 amide bonds. The van der Waals surface area contributed by atoms with Crippen LogP contribution in [0.15, 0.2) is 12.3 Å². The van der Waals surface area contributed by atoms with Crippen molar-refractivity contribution >= 4 is 0 Å². The molecule has 1 aliphatic rings. The monoisotopic (exact) mass is 278 g/mol. The molecule has 2 heterocycles. The van der Waals surface area contributed by atoms with Crippen molar-refractivity contribution in [3.63, 3.8) is 0 Å². The van der Waals surface area contributed by atoms with Crippen molar-refractivity contribution in [1.82, 2.24) is 20.0 Å². The largest absolute Gasteiger partial charge is 0.311 e. The van der Waals surface area contributed by atoms with Gasteiger partial charge in [0.25, 0.3) is 0 Å². The quantitative estimate of drug-likeness (QED) is 0.832. The third kappa shape index (κ3) is 4.06. The first-order chi connectivity index (χ1) is 9.76. The van der Waals surface area contributed by atoms with E-state index >= 15 is 0 Å². The highest BCUT2D eigenvalue weighted by molar-refractivity contribution is 5.00. The van der Waals surface area contributed by atoms with E-state index in [1.165, 1.54) is 18.5 Å². The lowest BCUT2D eigenvalue weighted by atomic mass is 10.1. The summed E-state index contributed by atoms with van der Waals surface area (Å²) in [5.41, 5.74) is 1.22. The Hall–Kier alpha value is -0.870. The summed E-state index contributed by atoms with van der Waals surface area (Å²) in [6.07, 6.45) is 7.00. The standard InChI is InChI=1S/C16H30N4/c1-4-7-14-12-19(11-9-17-14)13-15-8-10-20(18-15)16(5-2)6-3/h8,10,14,16-17H,4-7,9,11-13H2,1-3H3. The van der Waals surface area contributed by atoms with Crippen LogP contribution in [-0.2, 0) is 6.54 Å². The average molecular weight is 278 g/mol. The normalized spacial score (nSPS) is 20.7. The first-order valence-electron chi connectivity index (χ1n) is 8.26. The van der Waals surface area contributed by atoms with E-state index in [-0.39, 0.29) is 0 Å². The van der Waals surface area contributed by atoms with Gasteiger partial charge in [0.1, 0.15) is 0 Å². The smallest absolute Gasteiger partial charge is 0.0764 e. The third-order valence-corrected chi connectivity index (χ3v) is 4.34. The fourth-order valence-electron chi connectivity index (χ4n) is 3.14. The third-order valence-electron chi connectivity index (χ3n) is 4.34. The molecule has 1 saturated heterocycles. The minimum absolute atomic E-state index is 0.555. The Morgan fingerprint density at radius 1 is 1.35 bits per heavy atom. The zero-order valence-corrected chi connectivity index (χ0v) is 13.3. The van der Waals surface area contributed by atoms with Gasteiger partial charge in [0.05, 0.1) is 11.7 Å². The molecular formula is C16H30N4. The highest BCUT2D eigenvalue weighted by Gasteiger charge is 2.19. The van der Waals surface area contributed by atoms with Gasteiger partial charge in [0.15, 0.2) is 0 Å². The zero-order valence-electron chi connectivity index (χ0n) is 13.3. The molecule has 1 atom stereocenters. The molecule has 1 unspecified atom stereocenters. The predicted octanol–water partition coefficient (Wildman–Crippen LogP) is 2.82. The van der Waals surface area contributed by atoms with Gasteiger partial charge in [-0.3, -0.25) is 9.58 Å². The molecule has 4 nitrogen and oxygen atoms in total. The predicted molar refractivity (Wildman–Crippen MR) is 83.8 cm³/mol. The maximum absolute atomic E-state index is 4.77. The number of hydrogen-bond donors (Lipinski definition) is 1. The molecule has 0 spiro atoms. The van der Waals surface area contributed by atoms with Gasteiger partial charge < -0.3 is 5.32 Å². The van der Waals surface area contributed by atoms with E-state index in [1.807, 2.05) is 0 Å². The molecule has 2 rings (SSSR count). The average Bonchev–Trinajstić information content (AvgIpc) is 2.89. The Bertz CT molecular complexity index is 382. The lowest BCUT2D eigenvalue weighted by molar-refractivity contribution is 0.184. The van der Waals surface area contributed by atoms with Gasteiger partial charge in [-0.25, -0.2) is 0 Å². The van der Waals surface area contributed by atoms with Gasteiger partial charge in [0, 0.05) is 38.4 Å². The summed E-state index contributed by atoms with van der Waals surface area (Å²) in [6.45, 7) is 11.1. The van der Waals surface area contributed by atoms with Crippen LogP contribution in [0.5, 0.6) is 0 Å². The van der Waals surface area contributed by atoms with Crippen LogP contribution in [0.25, 0.3) is 0 Å². The summed E-state index contributed by atoms with van der Waals surface area (Å²) in [5.74, 6) is 0. The molecule has 0 bridgehead atoms. The Morgan fingerprint density at radius 2 is 2.15 bits per heavy atom. The first kappa shape index (κ1) is 15.5. The van der Waals surface area contributed by atoms with E-state index < -0.39 is 0 Å². The molecule has 1 aliphatic heterocycles. The summed E-state index contributed by atoms with van der Waals surface area (Å²) in [7, 11) is 0. The van der Waals surface area contributed by atoms with E-state index in [0.717, 1.165) is 39.0 Å². The second kappa shape index (κ2) is 7.79. The van der Waals surface area contributed by atoms with Crippen LogP contribution in [0.4, 0.5) is 0 Å². The van der Waals surface area contributed by atoms with Crippen molar-refractivity contribution in [3.8, 4) is 0 Å². The molecule has 1 N–H and O–H groups in total.